The molecular weight excluding hydrogens is 336 g/mol. The van der Waals surface area contributed by atoms with Gasteiger partial charge in [-0.15, -0.1) is 0 Å². The standard InChI is InChI=1S/C20H16O6/c1-20(2)6-5-11-15(26-20)8-16-17(18(11)23)19(24)12(9-25-16)10-3-4-13(21)14(22)7-10/h3-9,21-23H,1-2H3. The highest BCUT2D eigenvalue weighted by Crippen LogP contribution is 2.41. The minimum Gasteiger partial charge on any atom is -0.506 e. The first-order chi connectivity index (χ1) is 12.3. The maximum Gasteiger partial charge on any atom is 0.204 e. The summed E-state index contributed by atoms with van der Waals surface area (Å²) in [5, 5.41) is 29.8. The Balaban J connectivity index is 1.98. The van der Waals surface area contributed by atoms with Crippen LogP contribution in [0.15, 0.2) is 45.8 Å². The van der Waals surface area contributed by atoms with Crippen molar-refractivity contribution in [2.24, 2.45) is 0 Å². The van der Waals surface area contributed by atoms with Crippen LogP contribution in [-0.2, 0) is 0 Å². The number of hydrogen-bond donors (Lipinski definition) is 3. The normalized spacial score (nSPS) is 14.8. The summed E-state index contributed by atoms with van der Waals surface area (Å²) in [5.74, 6) is -0.431. The first-order valence-electron chi connectivity index (χ1n) is 7.99. The van der Waals surface area contributed by atoms with Gasteiger partial charge in [-0.2, -0.15) is 0 Å². The molecule has 4 rings (SSSR count). The van der Waals surface area contributed by atoms with Gasteiger partial charge >= 0.3 is 0 Å². The molecule has 132 valence electrons. The van der Waals surface area contributed by atoms with Crippen molar-refractivity contribution < 1.29 is 24.5 Å². The Hall–Kier alpha value is -3.41. The number of fused-ring (bicyclic) bond motifs is 2. The molecule has 2 aromatic carbocycles. The van der Waals surface area contributed by atoms with Crippen LogP contribution in [0.3, 0.4) is 0 Å². The number of phenols is 3. The molecule has 6 nitrogen and oxygen atoms in total. The van der Waals surface area contributed by atoms with Crippen LogP contribution in [0.5, 0.6) is 23.0 Å². The minimum absolute atomic E-state index is 0.0294. The van der Waals surface area contributed by atoms with Gasteiger partial charge in [-0.3, -0.25) is 4.79 Å². The monoisotopic (exact) mass is 352 g/mol. The van der Waals surface area contributed by atoms with E-state index in [0.29, 0.717) is 16.9 Å². The molecule has 0 bridgehead atoms. The Morgan fingerprint density at radius 3 is 2.54 bits per heavy atom. The first kappa shape index (κ1) is 16.1. The number of phenolic OH excluding ortho intramolecular Hbond substituents is 3. The average molecular weight is 352 g/mol. The van der Waals surface area contributed by atoms with Gasteiger partial charge in [0, 0.05) is 6.07 Å². The summed E-state index contributed by atoms with van der Waals surface area (Å²) in [6.07, 6.45) is 4.77. The number of aromatic hydroxyl groups is 3. The van der Waals surface area contributed by atoms with E-state index >= 15 is 0 Å². The zero-order chi connectivity index (χ0) is 18.6. The molecule has 6 heteroatoms. The lowest BCUT2D eigenvalue weighted by Crippen LogP contribution is -2.27. The fourth-order valence-electron chi connectivity index (χ4n) is 3.00. The third kappa shape index (κ3) is 2.38. The van der Waals surface area contributed by atoms with Crippen LogP contribution in [-0.4, -0.2) is 20.9 Å². The van der Waals surface area contributed by atoms with Crippen LogP contribution >= 0.6 is 0 Å². The Labute approximate surface area is 148 Å². The summed E-state index contributed by atoms with van der Waals surface area (Å²) < 4.78 is 11.4. The SMILES string of the molecule is CC1(C)C=Cc2c(cc3occ(-c4ccc(O)c(O)c4)c(=O)c3c2O)O1. The van der Waals surface area contributed by atoms with E-state index in [2.05, 4.69) is 0 Å². The highest BCUT2D eigenvalue weighted by Gasteiger charge is 2.26. The average Bonchev–Trinajstić information content (AvgIpc) is 2.56. The summed E-state index contributed by atoms with van der Waals surface area (Å²) in [7, 11) is 0. The molecule has 0 saturated heterocycles. The zero-order valence-electron chi connectivity index (χ0n) is 14.1. The predicted octanol–water partition coefficient (Wildman–Crippen LogP) is 3.76. The molecule has 0 spiro atoms. The summed E-state index contributed by atoms with van der Waals surface area (Å²) in [4.78, 5) is 12.9. The first-order valence-corrected chi connectivity index (χ1v) is 7.99. The van der Waals surface area contributed by atoms with Crippen LogP contribution in [0.2, 0.25) is 0 Å². The van der Waals surface area contributed by atoms with Gasteiger partial charge in [0.2, 0.25) is 5.43 Å². The van der Waals surface area contributed by atoms with Crippen molar-refractivity contribution in [3.05, 3.63) is 52.4 Å². The van der Waals surface area contributed by atoms with E-state index in [1.54, 1.807) is 18.2 Å². The van der Waals surface area contributed by atoms with Gasteiger partial charge in [0.05, 0.1) is 11.1 Å². The van der Waals surface area contributed by atoms with Crippen molar-refractivity contribution >= 4 is 17.0 Å². The third-order valence-corrected chi connectivity index (χ3v) is 4.35. The quantitative estimate of drug-likeness (QED) is 0.577. The van der Waals surface area contributed by atoms with Crippen LogP contribution in [0.1, 0.15) is 19.4 Å². The summed E-state index contributed by atoms with van der Waals surface area (Å²) >= 11 is 0. The van der Waals surface area contributed by atoms with E-state index in [1.165, 1.54) is 24.5 Å². The van der Waals surface area contributed by atoms with E-state index in [1.807, 2.05) is 13.8 Å². The Bertz CT molecular complexity index is 1140. The summed E-state index contributed by atoms with van der Waals surface area (Å²) in [5.41, 5.74) is 0.149. The van der Waals surface area contributed by atoms with Gasteiger partial charge in [0.1, 0.15) is 34.3 Å². The fourth-order valence-corrected chi connectivity index (χ4v) is 3.00. The van der Waals surface area contributed by atoms with Crippen molar-refractivity contribution in [1.29, 1.82) is 0 Å². The molecule has 1 aromatic heterocycles. The molecule has 0 unspecified atom stereocenters. The van der Waals surface area contributed by atoms with Gasteiger partial charge in [-0.25, -0.2) is 0 Å². The second-order valence-corrected chi connectivity index (χ2v) is 6.73. The van der Waals surface area contributed by atoms with Crippen LogP contribution < -0.4 is 10.2 Å². The highest BCUT2D eigenvalue weighted by molar-refractivity contribution is 5.93. The molecule has 0 amide bonds. The lowest BCUT2D eigenvalue weighted by Gasteiger charge is -2.28. The maximum absolute atomic E-state index is 12.9. The lowest BCUT2D eigenvalue weighted by molar-refractivity contribution is 0.158. The minimum atomic E-state index is -0.531. The number of hydrogen-bond acceptors (Lipinski definition) is 6. The van der Waals surface area contributed by atoms with Crippen molar-refractivity contribution in [2.75, 3.05) is 0 Å². The van der Waals surface area contributed by atoms with E-state index < -0.39 is 11.0 Å². The molecule has 0 saturated carbocycles. The predicted molar refractivity (Wildman–Crippen MR) is 96.7 cm³/mol. The molecular formula is C20H16O6. The Morgan fingerprint density at radius 1 is 1.04 bits per heavy atom. The fraction of sp³-hybridized carbons (Fsp3) is 0.150. The molecule has 0 aliphatic carbocycles. The molecule has 1 aliphatic rings. The molecule has 0 fully saturated rings. The van der Waals surface area contributed by atoms with E-state index in [0.717, 1.165) is 0 Å². The molecule has 0 radical (unpaired) electrons. The summed E-state index contributed by atoms with van der Waals surface area (Å²) in [6, 6.07) is 5.59. The second kappa shape index (κ2) is 5.29. The smallest absolute Gasteiger partial charge is 0.204 e. The number of rotatable bonds is 1. The highest BCUT2D eigenvalue weighted by atomic mass is 16.5. The number of benzene rings is 2. The lowest BCUT2D eigenvalue weighted by atomic mass is 9.98. The molecule has 1 aliphatic heterocycles. The van der Waals surface area contributed by atoms with Crippen LogP contribution in [0.25, 0.3) is 28.2 Å². The third-order valence-electron chi connectivity index (χ3n) is 4.35. The second-order valence-electron chi connectivity index (χ2n) is 6.73. The van der Waals surface area contributed by atoms with Crippen molar-refractivity contribution in [2.45, 2.75) is 19.4 Å². The van der Waals surface area contributed by atoms with Gasteiger partial charge in [-0.1, -0.05) is 6.07 Å². The van der Waals surface area contributed by atoms with Crippen molar-refractivity contribution in [3.8, 4) is 34.1 Å². The molecule has 3 aromatic rings. The van der Waals surface area contributed by atoms with Crippen LogP contribution in [0.4, 0.5) is 0 Å². The maximum atomic E-state index is 12.9. The Morgan fingerprint density at radius 2 is 1.81 bits per heavy atom. The van der Waals surface area contributed by atoms with Gasteiger partial charge in [0.25, 0.3) is 0 Å². The van der Waals surface area contributed by atoms with E-state index in [9.17, 15) is 20.1 Å². The van der Waals surface area contributed by atoms with Gasteiger partial charge in [0.15, 0.2) is 11.5 Å². The van der Waals surface area contributed by atoms with E-state index in [4.69, 9.17) is 9.15 Å². The molecule has 0 atom stereocenters. The van der Waals surface area contributed by atoms with E-state index in [-0.39, 0.29) is 33.8 Å². The topological polar surface area (TPSA) is 100 Å². The van der Waals surface area contributed by atoms with Crippen molar-refractivity contribution in [1.82, 2.24) is 0 Å². The largest absolute Gasteiger partial charge is 0.506 e. The van der Waals surface area contributed by atoms with Crippen molar-refractivity contribution in [3.63, 3.8) is 0 Å². The Kier molecular flexibility index (Phi) is 3.27. The van der Waals surface area contributed by atoms with Crippen LogP contribution in [0, 0.1) is 0 Å². The summed E-state index contributed by atoms with van der Waals surface area (Å²) in [6.45, 7) is 3.76. The zero-order valence-corrected chi connectivity index (χ0v) is 14.1. The molecule has 3 N–H and O–H groups in total. The molecule has 26 heavy (non-hydrogen) atoms. The van der Waals surface area contributed by atoms with Gasteiger partial charge in [-0.05, 0) is 43.7 Å². The number of ether oxygens (including phenoxy) is 1. The molecule has 2 heterocycles. The van der Waals surface area contributed by atoms with Gasteiger partial charge < -0.3 is 24.5 Å².